The second-order valence-electron chi connectivity index (χ2n) is 6.48. The van der Waals surface area contributed by atoms with Crippen molar-refractivity contribution in [3.8, 4) is 22.4 Å². The van der Waals surface area contributed by atoms with Gasteiger partial charge in [0.25, 0.3) is 5.91 Å². The zero-order valence-electron chi connectivity index (χ0n) is 15.6. The van der Waals surface area contributed by atoms with E-state index in [9.17, 15) is 4.79 Å². The van der Waals surface area contributed by atoms with Gasteiger partial charge in [-0.05, 0) is 29.3 Å². The van der Waals surface area contributed by atoms with Crippen molar-refractivity contribution in [3.63, 3.8) is 0 Å². The molecule has 1 amide bonds. The van der Waals surface area contributed by atoms with Crippen LogP contribution in [0.3, 0.4) is 0 Å². The standard InChI is InChI=1S/C23H16Cl2N4O/c24-19-11-10-18(20(25)12-19)14-26-29-23(30)22-13-21(27-28-22)17-8-6-16(7-9-17)15-4-2-1-3-5-15/h1-14H,(H,27,28)(H,29,30)/b26-14+. The van der Waals surface area contributed by atoms with E-state index in [1.54, 1.807) is 24.3 Å². The van der Waals surface area contributed by atoms with Crippen molar-refractivity contribution < 1.29 is 4.79 Å². The summed E-state index contributed by atoms with van der Waals surface area (Å²) in [6.45, 7) is 0. The lowest BCUT2D eigenvalue weighted by atomic mass is 10.0. The molecule has 1 aromatic heterocycles. The highest BCUT2D eigenvalue weighted by atomic mass is 35.5. The van der Waals surface area contributed by atoms with E-state index < -0.39 is 5.91 Å². The SMILES string of the molecule is O=C(N/N=C/c1ccc(Cl)cc1Cl)c1cc(-c2ccc(-c3ccccc3)cc2)n[nH]1. The molecule has 0 fully saturated rings. The molecule has 2 N–H and O–H groups in total. The number of H-pyrrole nitrogens is 1. The van der Waals surface area contributed by atoms with Crippen molar-refractivity contribution in [1.29, 1.82) is 0 Å². The summed E-state index contributed by atoms with van der Waals surface area (Å²) in [6.07, 6.45) is 1.45. The molecule has 0 spiro atoms. The van der Waals surface area contributed by atoms with Crippen molar-refractivity contribution in [1.82, 2.24) is 15.6 Å². The maximum Gasteiger partial charge on any atom is 0.289 e. The molecular formula is C23H16Cl2N4O. The van der Waals surface area contributed by atoms with Gasteiger partial charge in [-0.15, -0.1) is 0 Å². The first-order chi connectivity index (χ1) is 14.6. The van der Waals surface area contributed by atoms with Crippen molar-refractivity contribution >= 4 is 35.3 Å². The first-order valence-corrected chi connectivity index (χ1v) is 9.85. The molecule has 0 unspecified atom stereocenters. The number of nitrogens with zero attached hydrogens (tertiary/aromatic N) is 2. The molecule has 5 nitrogen and oxygen atoms in total. The van der Waals surface area contributed by atoms with Crippen LogP contribution in [0.25, 0.3) is 22.4 Å². The van der Waals surface area contributed by atoms with E-state index >= 15 is 0 Å². The van der Waals surface area contributed by atoms with Crippen LogP contribution in [0.5, 0.6) is 0 Å². The number of nitrogens with one attached hydrogen (secondary N) is 2. The highest BCUT2D eigenvalue weighted by molar-refractivity contribution is 6.36. The Balaban J connectivity index is 1.43. The molecule has 0 saturated carbocycles. The smallest absolute Gasteiger partial charge is 0.272 e. The van der Waals surface area contributed by atoms with Gasteiger partial charge in [0.2, 0.25) is 0 Å². The van der Waals surface area contributed by atoms with E-state index in [4.69, 9.17) is 23.2 Å². The zero-order chi connectivity index (χ0) is 20.9. The molecule has 0 bridgehead atoms. The minimum Gasteiger partial charge on any atom is -0.272 e. The molecule has 7 heteroatoms. The summed E-state index contributed by atoms with van der Waals surface area (Å²) in [4.78, 5) is 12.3. The van der Waals surface area contributed by atoms with Crippen LogP contribution in [0.15, 0.2) is 84.0 Å². The van der Waals surface area contributed by atoms with Gasteiger partial charge in [-0.25, -0.2) is 5.43 Å². The van der Waals surface area contributed by atoms with Gasteiger partial charge in [0.15, 0.2) is 0 Å². The van der Waals surface area contributed by atoms with E-state index in [2.05, 4.69) is 32.9 Å². The summed E-state index contributed by atoms with van der Waals surface area (Å²) in [5, 5.41) is 11.9. The average molecular weight is 435 g/mol. The fourth-order valence-electron chi connectivity index (χ4n) is 2.88. The van der Waals surface area contributed by atoms with Crippen LogP contribution in [0.4, 0.5) is 0 Å². The van der Waals surface area contributed by atoms with Crippen LogP contribution in [-0.4, -0.2) is 22.3 Å². The topological polar surface area (TPSA) is 70.1 Å². The second kappa shape index (κ2) is 8.95. The largest absolute Gasteiger partial charge is 0.289 e. The predicted molar refractivity (Wildman–Crippen MR) is 121 cm³/mol. The Morgan fingerprint density at radius 3 is 2.33 bits per heavy atom. The lowest BCUT2D eigenvalue weighted by molar-refractivity contribution is 0.0950. The minimum atomic E-state index is -0.406. The van der Waals surface area contributed by atoms with Gasteiger partial charge >= 0.3 is 0 Å². The lowest BCUT2D eigenvalue weighted by Gasteiger charge is -2.02. The Kier molecular flexibility index (Phi) is 5.93. The van der Waals surface area contributed by atoms with Gasteiger partial charge in [0, 0.05) is 16.1 Å². The van der Waals surface area contributed by atoms with Crippen LogP contribution < -0.4 is 5.43 Å². The number of aromatic amines is 1. The highest BCUT2D eigenvalue weighted by Crippen LogP contribution is 2.24. The number of aromatic nitrogens is 2. The van der Waals surface area contributed by atoms with Crippen LogP contribution in [0.1, 0.15) is 16.1 Å². The third kappa shape index (κ3) is 4.59. The summed E-state index contributed by atoms with van der Waals surface area (Å²) in [7, 11) is 0. The molecule has 0 radical (unpaired) electrons. The fourth-order valence-corrected chi connectivity index (χ4v) is 3.33. The molecule has 4 rings (SSSR count). The Hall–Kier alpha value is -3.41. The lowest BCUT2D eigenvalue weighted by Crippen LogP contribution is -2.18. The molecule has 0 aliphatic heterocycles. The van der Waals surface area contributed by atoms with Crippen LogP contribution in [0, 0.1) is 0 Å². The molecule has 30 heavy (non-hydrogen) atoms. The van der Waals surface area contributed by atoms with Gasteiger partial charge in [0.05, 0.1) is 16.9 Å². The van der Waals surface area contributed by atoms with E-state index in [-0.39, 0.29) is 0 Å². The molecule has 148 valence electrons. The fraction of sp³-hybridized carbons (Fsp3) is 0. The Morgan fingerprint density at radius 1 is 0.900 bits per heavy atom. The molecule has 0 aliphatic rings. The maximum atomic E-state index is 12.3. The van der Waals surface area contributed by atoms with E-state index in [0.717, 1.165) is 16.7 Å². The Bertz CT molecular complexity index is 1200. The van der Waals surface area contributed by atoms with Gasteiger partial charge in [-0.1, -0.05) is 83.9 Å². The number of benzene rings is 3. The van der Waals surface area contributed by atoms with Crippen molar-refractivity contribution in [3.05, 3.63) is 100 Å². The number of carbonyl (C=O) groups excluding carboxylic acids is 1. The van der Waals surface area contributed by atoms with Gasteiger partial charge in [0.1, 0.15) is 5.69 Å². The quantitative estimate of drug-likeness (QED) is 0.307. The third-order valence-corrected chi connectivity index (χ3v) is 5.00. The Morgan fingerprint density at radius 2 is 1.60 bits per heavy atom. The van der Waals surface area contributed by atoms with Crippen LogP contribution >= 0.6 is 23.2 Å². The van der Waals surface area contributed by atoms with Gasteiger partial charge in [-0.2, -0.15) is 10.2 Å². The van der Waals surface area contributed by atoms with Crippen LogP contribution in [-0.2, 0) is 0 Å². The minimum absolute atomic E-state index is 0.302. The van der Waals surface area contributed by atoms with E-state index in [1.165, 1.54) is 6.21 Å². The van der Waals surface area contributed by atoms with Crippen molar-refractivity contribution in [2.24, 2.45) is 5.10 Å². The number of halogens is 2. The Labute approximate surface area is 183 Å². The summed E-state index contributed by atoms with van der Waals surface area (Å²) in [5.74, 6) is -0.406. The summed E-state index contributed by atoms with van der Waals surface area (Å²) >= 11 is 11.9. The van der Waals surface area contributed by atoms with Gasteiger partial charge < -0.3 is 0 Å². The zero-order valence-corrected chi connectivity index (χ0v) is 17.2. The van der Waals surface area contributed by atoms with Crippen molar-refractivity contribution in [2.45, 2.75) is 0 Å². The second-order valence-corrected chi connectivity index (χ2v) is 7.32. The van der Waals surface area contributed by atoms with Crippen molar-refractivity contribution in [2.75, 3.05) is 0 Å². The molecule has 0 saturated heterocycles. The number of hydrazone groups is 1. The molecule has 0 aliphatic carbocycles. The molecule has 1 heterocycles. The summed E-state index contributed by atoms with van der Waals surface area (Å²) in [5.41, 5.74) is 7.23. The average Bonchev–Trinajstić information content (AvgIpc) is 3.26. The van der Waals surface area contributed by atoms with Gasteiger partial charge in [-0.3, -0.25) is 9.89 Å². The summed E-state index contributed by atoms with van der Waals surface area (Å²) in [6, 6.07) is 24.8. The number of rotatable bonds is 5. The predicted octanol–water partition coefficient (Wildman–Crippen LogP) is 5.81. The number of carbonyl (C=O) groups is 1. The third-order valence-electron chi connectivity index (χ3n) is 4.44. The number of hydrogen-bond acceptors (Lipinski definition) is 3. The number of hydrogen-bond donors (Lipinski definition) is 2. The normalized spacial score (nSPS) is 11.0. The highest BCUT2D eigenvalue weighted by Gasteiger charge is 2.11. The monoisotopic (exact) mass is 434 g/mol. The first kappa shape index (κ1) is 19.9. The number of amides is 1. The molecule has 3 aromatic carbocycles. The van der Waals surface area contributed by atoms with Crippen LogP contribution in [0.2, 0.25) is 10.0 Å². The van der Waals surface area contributed by atoms with E-state index in [0.29, 0.717) is 27.0 Å². The summed E-state index contributed by atoms with van der Waals surface area (Å²) < 4.78 is 0. The molecular weight excluding hydrogens is 419 g/mol. The first-order valence-electron chi connectivity index (χ1n) is 9.10. The van der Waals surface area contributed by atoms with E-state index in [1.807, 2.05) is 42.5 Å². The maximum absolute atomic E-state index is 12.3. The molecule has 4 aromatic rings. The molecule has 0 atom stereocenters.